The smallest absolute Gasteiger partial charge is 0.255 e. The number of nitrogens with zero attached hydrogens (tertiary/aromatic N) is 1. The SMILES string of the molecule is CC(CCCN)C(=O)Nc1cc(Cl)ccc1C(=O)N(C)C. The van der Waals surface area contributed by atoms with Crippen molar-refractivity contribution in [2.75, 3.05) is 26.0 Å². The topological polar surface area (TPSA) is 75.4 Å². The standard InChI is InChI=1S/C15H22ClN3O2/c1-10(5-4-8-17)14(20)18-13-9-11(16)6-7-12(13)15(21)19(2)3/h6-7,9-10H,4-5,8,17H2,1-3H3,(H,18,20). The van der Waals surface area contributed by atoms with Crippen LogP contribution in [0.3, 0.4) is 0 Å². The van der Waals surface area contributed by atoms with Gasteiger partial charge in [-0.25, -0.2) is 0 Å². The Balaban J connectivity index is 2.93. The molecule has 1 unspecified atom stereocenters. The molecule has 2 amide bonds. The van der Waals surface area contributed by atoms with Crippen LogP contribution in [0, 0.1) is 5.92 Å². The molecule has 0 saturated heterocycles. The molecule has 0 aliphatic heterocycles. The van der Waals surface area contributed by atoms with Gasteiger partial charge in [0.1, 0.15) is 0 Å². The van der Waals surface area contributed by atoms with Crippen molar-refractivity contribution < 1.29 is 9.59 Å². The number of nitrogens with one attached hydrogen (secondary N) is 1. The molecule has 1 aromatic rings. The van der Waals surface area contributed by atoms with Crippen LogP contribution in [0.15, 0.2) is 18.2 Å². The van der Waals surface area contributed by atoms with Crippen molar-refractivity contribution in [2.45, 2.75) is 19.8 Å². The largest absolute Gasteiger partial charge is 0.345 e. The highest BCUT2D eigenvalue weighted by molar-refractivity contribution is 6.31. The van der Waals surface area contributed by atoms with Crippen LogP contribution >= 0.6 is 11.6 Å². The maximum atomic E-state index is 12.2. The van der Waals surface area contributed by atoms with Crippen LogP contribution in [0.1, 0.15) is 30.1 Å². The molecule has 0 aromatic heterocycles. The average molecular weight is 312 g/mol. The van der Waals surface area contributed by atoms with Crippen molar-refractivity contribution in [3.8, 4) is 0 Å². The third kappa shape index (κ3) is 5.02. The Kier molecular flexibility index (Phi) is 6.65. The molecule has 3 N–H and O–H groups in total. The van der Waals surface area contributed by atoms with Gasteiger partial charge in [-0.05, 0) is 37.6 Å². The molecular formula is C15H22ClN3O2. The summed E-state index contributed by atoms with van der Waals surface area (Å²) in [4.78, 5) is 25.7. The van der Waals surface area contributed by atoms with E-state index in [0.29, 0.717) is 29.2 Å². The monoisotopic (exact) mass is 311 g/mol. The predicted molar refractivity (Wildman–Crippen MR) is 85.6 cm³/mol. The van der Waals surface area contributed by atoms with Gasteiger partial charge in [0.2, 0.25) is 5.91 Å². The summed E-state index contributed by atoms with van der Waals surface area (Å²) in [5.74, 6) is -0.495. The van der Waals surface area contributed by atoms with E-state index in [0.717, 1.165) is 6.42 Å². The second kappa shape index (κ2) is 8.00. The zero-order valence-corrected chi connectivity index (χ0v) is 13.4. The van der Waals surface area contributed by atoms with Gasteiger partial charge in [-0.2, -0.15) is 0 Å². The van der Waals surface area contributed by atoms with Crippen LogP contribution in [-0.4, -0.2) is 37.4 Å². The van der Waals surface area contributed by atoms with E-state index < -0.39 is 0 Å². The third-order valence-electron chi connectivity index (χ3n) is 3.16. The Morgan fingerprint density at radius 1 is 1.38 bits per heavy atom. The predicted octanol–water partition coefficient (Wildman–Crippen LogP) is 2.36. The van der Waals surface area contributed by atoms with Crippen molar-refractivity contribution in [3.63, 3.8) is 0 Å². The molecule has 0 bridgehead atoms. The number of hydrogen-bond acceptors (Lipinski definition) is 3. The number of carbonyl (C=O) groups is 2. The molecule has 5 nitrogen and oxygen atoms in total. The summed E-state index contributed by atoms with van der Waals surface area (Å²) in [6.45, 7) is 2.39. The van der Waals surface area contributed by atoms with Crippen molar-refractivity contribution in [2.24, 2.45) is 11.7 Å². The summed E-state index contributed by atoms with van der Waals surface area (Å²) < 4.78 is 0. The molecule has 116 valence electrons. The lowest BCUT2D eigenvalue weighted by molar-refractivity contribution is -0.119. The Morgan fingerprint density at radius 3 is 2.62 bits per heavy atom. The van der Waals surface area contributed by atoms with E-state index in [4.69, 9.17) is 17.3 Å². The lowest BCUT2D eigenvalue weighted by Gasteiger charge is -2.17. The first-order valence-electron chi connectivity index (χ1n) is 6.89. The van der Waals surface area contributed by atoms with E-state index in [2.05, 4.69) is 5.32 Å². The quantitative estimate of drug-likeness (QED) is 0.846. The Morgan fingerprint density at radius 2 is 2.05 bits per heavy atom. The summed E-state index contributed by atoms with van der Waals surface area (Å²) in [6, 6.07) is 4.84. The molecule has 6 heteroatoms. The molecular weight excluding hydrogens is 290 g/mol. The van der Waals surface area contributed by atoms with Gasteiger partial charge in [-0.3, -0.25) is 9.59 Å². The van der Waals surface area contributed by atoms with Gasteiger partial charge in [0, 0.05) is 25.0 Å². The second-order valence-corrected chi connectivity index (χ2v) is 5.65. The normalized spacial score (nSPS) is 11.9. The fourth-order valence-corrected chi connectivity index (χ4v) is 2.03. The first-order valence-corrected chi connectivity index (χ1v) is 7.26. The second-order valence-electron chi connectivity index (χ2n) is 5.21. The zero-order chi connectivity index (χ0) is 16.0. The van der Waals surface area contributed by atoms with Gasteiger partial charge < -0.3 is 16.0 Å². The summed E-state index contributed by atoms with van der Waals surface area (Å²) in [7, 11) is 3.32. The molecule has 0 saturated carbocycles. The number of carbonyl (C=O) groups excluding carboxylic acids is 2. The molecule has 0 radical (unpaired) electrons. The number of anilines is 1. The van der Waals surface area contributed by atoms with Crippen molar-refractivity contribution in [1.82, 2.24) is 4.90 Å². The number of benzene rings is 1. The molecule has 1 rings (SSSR count). The molecule has 21 heavy (non-hydrogen) atoms. The van der Waals surface area contributed by atoms with Crippen molar-refractivity contribution in [1.29, 1.82) is 0 Å². The summed E-state index contributed by atoms with van der Waals surface area (Å²) in [5.41, 5.74) is 6.30. The van der Waals surface area contributed by atoms with Crippen LogP contribution in [0.4, 0.5) is 5.69 Å². The first kappa shape index (κ1) is 17.5. The van der Waals surface area contributed by atoms with E-state index >= 15 is 0 Å². The van der Waals surface area contributed by atoms with Crippen molar-refractivity contribution >= 4 is 29.1 Å². The van der Waals surface area contributed by atoms with Crippen LogP contribution in [0.25, 0.3) is 0 Å². The number of nitrogens with two attached hydrogens (primary N) is 1. The zero-order valence-electron chi connectivity index (χ0n) is 12.6. The molecule has 1 aromatic carbocycles. The summed E-state index contributed by atoms with van der Waals surface area (Å²) in [6.07, 6.45) is 1.49. The lowest BCUT2D eigenvalue weighted by Crippen LogP contribution is -2.26. The minimum atomic E-state index is -0.184. The van der Waals surface area contributed by atoms with Crippen molar-refractivity contribution in [3.05, 3.63) is 28.8 Å². The Labute approximate surface area is 130 Å². The minimum absolute atomic E-state index is 0.140. The van der Waals surface area contributed by atoms with E-state index in [1.807, 2.05) is 6.92 Å². The number of hydrogen-bond donors (Lipinski definition) is 2. The molecule has 0 spiro atoms. The highest BCUT2D eigenvalue weighted by atomic mass is 35.5. The highest BCUT2D eigenvalue weighted by Gasteiger charge is 2.18. The van der Waals surface area contributed by atoms with Crippen LogP contribution in [-0.2, 0) is 4.79 Å². The van der Waals surface area contributed by atoms with Gasteiger partial charge in [-0.1, -0.05) is 18.5 Å². The van der Waals surface area contributed by atoms with Gasteiger partial charge in [-0.15, -0.1) is 0 Å². The van der Waals surface area contributed by atoms with Crippen LogP contribution < -0.4 is 11.1 Å². The third-order valence-corrected chi connectivity index (χ3v) is 3.40. The highest BCUT2D eigenvalue weighted by Crippen LogP contribution is 2.23. The van der Waals surface area contributed by atoms with Gasteiger partial charge in [0.05, 0.1) is 11.3 Å². The Bertz CT molecular complexity index is 518. The van der Waals surface area contributed by atoms with Gasteiger partial charge in [0.15, 0.2) is 0 Å². The summed E-state index contributed by atoms with van der Waals surface area (Å²) in [5, 5.41) is 3.25. The number of rotatable bonds is 6. The average Bonchev–Trinajstić information content (AvgIpc) is 2.44. The van der Waals surface area contributed by atoms with E-state index in [-0.39, 0.29) is 17.7 Å². The molecule has 1 atom stereocenters. The minimum Gasteiger partial charge on any atom is -0.345 e. The fraction of sp³-hybridized carbons (Fsp3) is 0.467. The van der Waals surface area contributed by atoms with Gasteiger partial charge >= 0.3 is 0 Å². The summed E-state index contributed by atoms with van der Waals surface area (Å²) >= 11 is 5.95. The Hall–Kier alpha value is -1.59. The number of halogens is 1. The molecule has 0 fully saturated rings. The maximum absolute atomic E-state index is 12.2. The number of amides is 2. The van der Waals surface area contributed by atoms with Crippen LogP contribution in [0.2, 0.25) is 5.02 Å². The molecule has 0 heterocycles. The van der Waals surface area contributed by atoms with Gasteiger partial charge in [0.25, 0.3) is 5.91 Å². The van der Waals surface area contributed by atoms with E-state index in [9.17, 15) is 9.59 Å². The van der Waals surface area contributed by atoms with E-state index in [1.54, 1.807) is 32.3 Å². The fourth-order valence-electron chi connectivity index (χ4n) is 1.86. The first-order chi connectivity index (χ1) is 9.86. The van der Waals surface area contributed by atoms with Crippen LogP contribution in [0.5, 0.6) is 0 Å². The maximum Gasteiger partial charge on any atom is 0.255 e. The lowest BCUT2D eigenvalue weighted by atomic mass is 10.0. The van der Waals surface area contributed by atoms with E-state index in [1.165, 1.54) is 4.90 Å². The molecule has 0 aliphatic carbocycles. The molecule has 0 aliphatic rings.